The van der Waals surface area contributed by atoms with Crippen LogP contribution in [0.5, 0.6) is 0 Å². The van der Waals surface area contributed by atoms with E-state index < -0.39 is 12.1 Å². The first-order valence-corrected chi connectivity index (χ1v) is 26.4. The Balaban J connectivity index is 3.43. The molecule has 6 nitrogen and oxygen atoms in total. The van der Waals surface area contributed by atoms with Crippen LogP contribution in [-0.2, 0) is 14.3 Å². The monoisotopic (exact) mass is 834 g/mol. The average Bonchev–Trinajstić information content (AvgIpc) is 3.24. The summed E-state index contributed by atoms with van der Waals surface area (Å²) in [6.07, 6.45) is 56.2. The van der Waals surface area contributed by atoms with Gasteiger partial charge in [0.15, 0.2) is 0 Å². The number of carbonyl (C=O) groups excluding carboxylic acids is 2. The molecule has 3 N–H and O–H groups in total. The second-order valence-corrected chi connectivity index (χ2v) is 18.2. The number of hydrogen-bond donors (Lipinski definition) is 3. The molecule has 0 heterocycles. The number of allylic oxidation sites excluding steroid dienone is 2. The molecular weight excluding hydrogens is 731 g/mol. The van der Waals surface area contributed by atoms with Gasteiger partial charge >= 0.3 is 5.97 Å². The molecule has 0 radical (unpaired) electrons. The van der Waals surface area contributed by atoms with E-state index >= 15 is 0 Å². The van der Waals surface area contributed by atoms with Crippen molar-refractivity contribution in [3.05, 3.63) is 12.2 Å². The third-order valence-corrected chi connectivity index (χ3v) is 12.3. The maximum Gasteiger partial charge on any atom is 0.305 e. The SMILES string of the molecule is CCCCCCCCCCCCCCCCCCCCCC(=O)OCCCCCCCC/C=C\CCCCCC(=O)NC(CO)C(O)CCCCCCCCCCCC. The fourth-order valence-electron chi connectivity index (χ4n) is 8.22. The predicted molar refractivity (Wildman–Crippen MR) is 255 cm³/mol. The highest BCUT2D eigenvalue weighted by molar-refractivity contribution is 5.76. The molecular formula is C53H103NO5. The van der Waals surface area contributed by atoms with Crippen molar-refractivity contribution in [3.63, 3.8) is 0 Å². The largest absolute Gasteiger partial charge is 0.466 e. The van der Waals surface area contributed by atoms with Crippen LogP contribution in [0.15, 0.2) is 12.2 Å². The van der Waals surface area contributed by atoms with Gasteiger partial charge in [-0.25, -0.2) is 0 Å². The van der Waals surface area contributed by atoms with Crippen LogP contribution in [0.1, 0.15) is 290 Å². The Kier molecular flexibility index (Phi) is 48.1. The van der Waals surface area contributed by atoms with Crippen LogP contribution >= 0.6 is 0 Å². The van der Waals surface area contributed by atoms with E-state index in [-0.39, 0.29) is 18.5 Å². The number of ether oxygens (including phenoxy) is 1. The fourth-order valence-corrected chi connectivity index (χ4v) is 8.22. The molecule has 0 aliphatic rings. The summed E-state index contributed by atoms with van der Waals surface area (Å²) in [6.45, 7) is 4.91. The Labute approximate surface area is 368 Å². The average molecular weight is 834 g/mol. The molecule has 0 aromatic carbocycles. The van der Waals surface area contributed by atoms with E-state index in [1.807, 2.05) is 0 Å². The van der Waals surface area contributed by atoms with Gasteiger partial charge in [-0.05, 0) is 51.4 Å². The van der Waals surface area contributed by atoms with Gasteiger partial charge in [0.25, 0.3) is 0 Å². The van der Waals surface area contributed by atoms with E-state index in [0.29, 0.717) is 25.9 Å². The third-order valence-electron chi connectivity index (χ3n) is 12.3. The van der Waals surface area contributed by atoms with Crippen LogP contribution in [0.25, 0.3) is 0 Å². The van der Waals surface area contributed by atoms with Gasteiger partial charge in [0.2, 0.25) is 5.91 Å². The van der Waals surface area contributed by atoms with Gasteiger partial charge in [-0.1, -0.05) is 238 Å². The number of unbranched alkanes of at least 4 members (excludes halogenated alkanes) is 36. The van der Waals surface area contributed by atoms with Crippen molar-refractivity contribution >= 4 is 11.9 Å². The third kappa shape index (κ3) is 45.9. The number of nitrogens with one attached hydrogen (secondary N) is 1. The lowest BCUT2D eigenvalue weighted by Crippen LogP contribution is -2.45. The molecule has 0 bridgehead atoms. The van der Waals surface area contributed by atoms with Gasteiger partial charge < -0.3 is 20.3 Å². The van der Waals surface area contributed by atoms with Crippen molar-refractivity contribution in [2.24, 2.45) is 0 Å². The van der Waals surface area contributed by atoms with E-state index in [2.05, 4.69) is 31.3 Å². The smallest absolute Gasteiger partial charge is 0.305 e. The fraction of sp³-hybridized carbons (Fsp3) is 0.925. The summed E-state index contributed by atoms with van der Waals surface area (Å²) in [5.41, 5.74) is 0. The second kappa shape index (κ2) is 49.3. The number of esters is 1. The molecule has 0 fully saturated rings. The lowest BCUT2D eigenvalue weighted by Gasteiger charge is -2.22. The summed E-state index contributed by atoms with van der Waals surface area (Å²) in [4.78, 5) is 24.5. The zero-order valence-corrected chi connectivity index (χ0v) is 39.7. The predicted octanol–water partition coefficient (Wildman–Crippen LogP) is 15.7. The first-order chi connectivity index (χ1) is 29.0. The summed E-state index contributed by atoms with van der Waals surface area (Å²) in [5, 5.41) is 23.1. The Morgan fingerprint density at radius 1 is 0.458 bits per heavy atom. The molecule has 59 heavy (non-hydrogen) atoms. The van der Waals surface area contributed by atoms with Crippen LogP contribution in [0.4, 0.5) is 0 Å². The summed E-state index contributed by atoms with van der Waals surface area (Å²) in [5.74, 6) is -0.0738. The van der Waals surface area contributed by atoms with Crippen LogP contribution in [0.3, 0.4) is 0 Å². The molecule has 2 atom stereocenters. The molecule has 0 saturated carbocycles. The van der Waals surface area contributed by atoms with Crippen molar-refractivity contribution < 1.29 is 24.5 Å². The van der Waals surface area contributed by atoms with E-state index in [1.165, 1.54) is 186 Å². The van der Waals surface area contributed by atoms with E-state index in [9.17, 15) is 19.8 Å². The Hall–Kier alpha value is -1.40. The minimum atomic E-state index is -0.678. The number of hydrogen-bond acceptors (Lipinski definition) is 5. The topological polar surface area (TPSA) is 95.9 Å². The highest BCUT2D eigenvalue weighted by Crippen LogP contribution is 2.17. The number of amides is 1. The van der Waals surface area contributed by atoms with Gasteiger partial charge in [-0.15, -0.1) is 0 Å². The minimum Gasteiger partial charge on any atom is -0.466 e. The first-order valence-electron chi connectivity index (χ1n) is 26.4. The van der Waals surface area contributed by atoms with Crippen LogP contribution in [0.2, 0.25) is 0 Å². The molecule has 0 spiro atoms. The second-order valence-electron chi connectivity index (χ2n) is 18.2. The zero-order chi connectivity index (χ0) is 43.0. The maximum atomic E-state index is 12.4. The number of carbonyl (C=O) groups is 2. The summed E-state index contributed by atoms with van der Waals surface area (Å²) >= 11 is 0. The van der Waals surface area contributed by atoms with Crippen LogP contribution in [0, 0.1) is 0 Å². The number of aliphatic hydroxyl groups excluding tert-OH is 2. The van der Waals surface area contributed by atoms with Crippen molar-refractivity contribution in [2.75, 3.05) is 13.2 Å². The maximum absolute atomic E-state index is 12.4. The van der Waals surface area contributed by atoms with Crippen molar-refractivity contribution in [2.45, 2.75) is 302 Å². The lowest BCUT2D eigenvalue weighted by atomic mass is 10.0. The van der Waals surface area contributed by atoms with E-state index in [1.54, 1.807) is 0 Å². The van der Waals surface area contributed by atoms with E-state index in [0.717, 1.165) is 70.6 Å². The molecule has 6 heteroatoms. The standard InChI is InChI=1S/C53H103NO5/c1-3-5-7-9-11-13-15-16-17-18-19-20-21-24-27-31-35-39-43-47-53(58)59-48-44-40-36-32-28-25-22-23-26-30-34-38-42-46-52(57)54-50(49-55)51(56)45-41-37-33-29-14-12-10-8-6-4-2/h23,26,50-51,55-56H,3-22,24-25,27-49H2,1-2H3,(H,54,57)/b26-23-. The molecule has 0 aliphatic carbocycles. The Morgan fingerprint density at radius 2 is 0.797 bits per heavy atom. The van der Waals surface area contributed by atoms with Gasteiger partial charge in [-0.2, -0.15) is 0 Å². The van der Waals surface area contributed by atoms with Gasteiger partial charge in [0, 0.05) is 12.8 Å². The van der Waals surface area contributed by atoms with E-state index in [4.69, 9.17) is 4.74 Å². The number of rotatable bonds is 49. The summed E-state index contributed by atoms with van der Waals surface area (Å²) < 4.78 is 5.47. The van der Waals surface area contributed by atoms with Crippen molar-refractivity contribution in [3.8, 4) is 0 Å². The number of aliphatic hydroxyl groups is 2. The van der Waals surface area contributed by atoms with Crippen LogP contribution < -0.4 is 5.32 Å². The quantitative estimate of drug-likeness (QED) is 0.0322. The molecule has 0 aromatic heterocycles. The van der Waals surface area contributed by atoms with Gasteiger partial charge in [0.1, 0.15) is 0 Å². The first kappa shape index (κ1) is 57.6. The molecule has 0 aliphatic heterocycles. The van der Waals surface area contributed by atoms with Gasteiger partial charge in [0.05, 0.1) is 25.4 Å². The Morgan fingerprint density at radius 3 is 1.22 bits per heavy atom. The molecule has 2 unspecified atom stereocenters. The molecule has 0 aromatic rings. The normalized spacial score (nSPS) is 12.7. The minimum absolute atomic E-state index is 0.00796. The van der Waals surface area contributed by atoms with Crippen molar-refractivity contribution in [1.82, 2.24) is 5.32 Å². The molecule has 1 amide bonds. The molecule has 0 rings (SSSR count). The molecule has 350 valence electrons. The summed E-state index contributed by atoms with van der Waals surface area (Å²) in [7, 11) is 0. The lowest BCUT2D eigenvalue weighted by molar-refractivity contribution is -0.143. The van der Waals surface area contributed by atoms with Gasteiger partial charge in [-0.3, -0.25) is 9.59 Å². The summed E-state index contributed by atoms with van der Waals surface area (Å²) in [6, 6.07) is -0.559. The van der Waals surface area contributed by atoms with Crippen molar-refractivity contribution in [1.29, 1.82) is 0 Å². The Bertz CT molecular complexity index is 878. The zero-order valence-electron chi connectivity index (χ0n) is 39.7. The molecule has 0 saturated heterocycles. The highest BCUT2D eigenvalue weighted by Gasteiger charge is 2.20. The highest BCUT2D eigenvalue weighted by atomic mass is 16.5. The van der Waals surface area contributed by atoms with Crippen LogP contribution in [-0.4, -0.2) is 47.4 Å².